The molecule has 0 spiro atoms. The first kappa shape index (κ1) is 16.3. The fourth-order valence-electron chi connectivity index (χ4n) is 3.92. The van der Waals surface area contributed by atoms with Gasteiger partial charge in [-0.05, 0) is 48.2 Å². The average molecular weight is 377 g/mol. The van der Waals surface area contributed by atoms with Crippen LogP contribution in [0.2, 0.25) is 0 Å². The Morgan fingerprint density at radius 1 is 1.22 bits per heavy atom. The summed E-state index contributed by atoms with van der Waals surface area (Å²) in [4.78, 5) is 19.0. The van der Waals surface area contributed by atoms with Gasteiger partial charge in [-0.2, -0.15) is 0 Å². The van der Waals surface area contributed by atoms with Gasteiger partial charge in [0.05, 0.1) is 24.9 Å². The van der Waals surface area contributed by atoms with E-state index in [4.69, 9.17) is 9.72 Å². The minimum atomic E-state index is 0.224. The fourth-order valence-corrected chi connectivity index (χ4v) is 4.66. The van der Waals surface area contributed by atoms with Crippen LogP contribution in [0, 0.1) is 0 Å². The zero-order valence-electron chi connectivity index (χ0n) is 15.0. The zero-order chi connectivity index (χ0) is 18.4. The molecule has 0 aliphatic carbocycles. The van der Waals surface area contributed by atoms with E-state index in [0.717, 1.165) is 58.5 Å². The number of carbonyl (C=O) groups excluding carboxylic acids is 1. The van der Waals surface area contributed by atoms with E-state index in [-0.39, 0.29) is 5.91 Å². The van der Waals surface area contributed by atoms with Crippen LogP contribution in [-0.2, 0) is 17.6 Å². The molecule has 0 fully saturated rings. The summed E-state index contributed by atoms with van der Waals surface area (Å²) < 4.78 is 5.27. The first-order chi connectivity index (χ1) is 13.2. The number of rotatable bonds is 4. The van der Waals surface area contributed by atoms with E-state index in [1.54, 1.807) is 18.4 Å². The van der Waals surface area contributed by atoms with Gasteiger partial charge in [0, 0.05) is 29.2 Å². The number of aryl methyl sites for hydroxylation is 1. The Balaban J connectivity index is 1.45. The molecule has 0 saturated carbocycles. The first-order valence-electron chi connectivity index (χ1n) is 9.04. The number of ether oxygens (including phenoxy) is 1. The molecule has 136 valence electrons. The maximum absolute atomic E-state index is 12.2. The molecule has 1 aromatic heterocycles. The smallest absolute Gasteiger partial charge is 0.231 e. The van der Waals surface area contributed by atoms with Crippen LogP contribution in [0.3, 0.4) is 0 Å². The van der Waals surface area contributed by atoms with Crippen molar-refractivity contribution in [2.24, 2.45) is 0 Å². The van der Waals surface area contributed by atoms with Crippen molar-refractivity contribution in [1.82, 2.24) is 4.98 Å². The van der Waals surface area contributed by atoms with E-state index >= 15 is 0 Å². The number of nitrogens with zero attached hydrogens (tertiary/aromatic N) is 2. The van der Waals surface area contributed by atoms with E-state index in [1.807, 2.05) is 29.2 Å². The SMILES string of the molecule is COc1cccc(Nc2nc(-c3cc4c5c(c3)CC(=O)N5CCC4)cs2)c1. The minimum Gasteiger partial charge on any atom is -0.497 e. The van der Waals surface area contributed by atoms with E-state index in [9.17, 15) is 4.79 Å². The summed E-state index contributed by atoms with van der Waals surface area (Å²) in [5.41, 5.74) is 6.55. The highest BCUT2D eigenvalue weighted by atomic mass is 32.1. The largest absolute Gasteiger partial charge is 0.497 e. The van der Waals surface area contributed by atoms with Crippen LogP contribution in [0.25, 0.3) is 11.3 Å². The Kier molecular flexibility index (Phi) is 3.86. The van der Waals surface area contributed by atoms with Crippen molar-refractivity contribution in [1.29, 1.82) is 0 Å². The summed E-state index contributed by atoms with van der Waals surface area (Å²) in [7, 11) is 1.66. The minimum absolute atomic E-state index is 0.224. The second-order valence-electron chi connectivity index (χ2n) is 6.86. The van der Waals surface area contributed by atoms with E-state index in [2.05, 4.69) is 22.8 Å². The van der Waals surface area contributed by atoms with Gasteiger partial charge in [-0.25, -0.2) is 4.98 Å². The lowest BCUT2D eigenvalue weighted by Gasteiger charge is -2.25. The molecule has 5 nitrogen and oxygen atoms in total. The number of hydrogen-bond donors (Lipinski definition) is 1. The molecule has 1 amide bonds. The van der Waals surface area contributed by atoms with Crippen LogP contribution in [0.1, 0.15) is 17.5 Å². The quantitative estimate of drug-likeness (QED) is 0.732. The predicted octanol–water partition coefficient (Wildman–Crippen LogP) is 4.40. The van der Waals surface area contributed by atoms with Crippen molar-refractivity contribution in [2.45, 2.75) is 19.3 Å². The molecule has 2 aliphatic heterocycles. The molecule has 5 rings (SSSR count). The van der Waals surface area contributed by atoms with Crippen molar-refractivity contribution in [3.63, 3.8) is 0 Å². The molecule has 0 atom stereocenters. The standard InChI is InChI=1S/C21H19N3O2S/c1-26-17-6-2-5-16(11-17)22-21-23-18(12-27-21)14-8-13-4-3-7-24-19(25)10-15(9-14)20(13)24/h2,5-6,8-9,11-12H,3-4,7,10H2,1H3,(H,22,23). The van der Waals surface area contributed by atoms with Gasteiger partial charge < -0.3 is 15.0 Å². The van der Waals surface area contributed by atoms with Crippen molar-refractivity contribution in [3.8, 4) is 17.0 Å². The molecule has 1 N–H and O–H groups in total. The number of benzene rings is 2. The fraction of sp³-hybridized carbons (Fsp3) is 0.238. The van der Waals surface area contributed by atoms with Crippen LogP contribution >= 0.6 is 11.3 Å². The number of amides is 1. The second-order valence-corrected chi connectivity index (χ2v) is 7.72. The van der Waals surface area contributed by atoms with Gasteiger partial charge in [0.2, 0.25) is 5.91 Å². The first-order valence-corrected chi connectivity index (χ1v) is 9.92. The van der Waals surface area contributed by atoms with E-state index < -0.39 is 0 Å². The monoisotopic (exact) mass is 377 g/mol. The summed E-state index contributed by atoms with van der Waals surface area (Å²) in [5.74, 6) is 1.03. The average Bonchev–Trinajstić information content (AvgIpc) is 3.28. The van der Waals surface area contributed by atoms with Crippen LogP contribution in [0.5, 0.6) is 5.75 Å². The molecule has 2 aliphatic rings. The van der Waals surface area contributed by atoms with Crippen LogP contribution < -0.4 is 15.0 Å². The van der Waals surface area contributed by atoms with E-state index in [0.29, 0.717) is 6.42 Å². The lowest BCUT2D eigenvalue weighted by Crippen LogP contribution is -2.31. The van der Waals surface area contributed by atoms with E-state index in [1.165, 1.54) is 5.56 Å². The Morgan fingerprint density at radius 2 is 2.11 bits per heavy atom. The lowest BCUT2D eigenvalue weighted by atomic mass is 9.96. The zero-order valence-corrected chi connectivity index (χ0v) is 15.8. The second kappa shape index (κ2) is 6.39. The maximum atomic E-state index is 12.2. The van der Waals surface area contributed by atoms with Crippen molar-refractivity contribution in [3.05, 3.63) is 52.9 Å². The molecule has 2 aromatic carbocycles. The number of hydrogen-bond acceptors (Lipinski definition) is 5. The van der Waals surface area contributed by atoms with Gasteiger partial charge >= 0.3 is 0 Å². The molecule has 0 bridgehead atoms. The lowest BCUT2D eigenvalue weighted by molar-refractivity contribution is -0.117. The number of anilines is 3. The Hall–Kier alpha value is -2.86. The molecule has 0 unspecified atom stereocenters. The summed E-state index contributed by atoms with van der Waals surface area (Å²) >= 11 is 1.57. The van der Waals surface area contributed by atoms with Gasteiger partial charge in [0.1, 0.15) is 5.75 Å². The number of methoxy groups -OCH3 is 1. The summed E-state index contributed by atoms with van der Waals surface area (Å²) in [5, 5.41) is 6.24. The third-order valence-electron chi connectivity index (χ3n) is 5.13. The highest BCUT2D eigenvalue weighted by Gasteiger charge is 2.32. The maximum Gasteiger partial charge on any atom is 0.231 e. The molecule has 3 aromatic rings. The van der Waals surface area contributed by atoms with Crippen LogP contribution in [-0.4, -0.2) is 24.5 Å². The summed E-state index contributed by atoms with van der Waals surface area (Å²) in [6, 6.07) is 12.1. The van der Waals surface area contributed by atoms with Gasteiger partial charge in [0.25, 0.3) is 0 Å². The normalized spacial score (nSPS) is 15.0. The number of thiazole rings is 1. The van der Waals surface area contributed by atoms with Crippen molar-refractivity contribution >= 4 is 33.8 Å². The molecular formula is C21H19N3O2S. The molecule has 3 heterocycles. The third kappa shape index (κ3) is 2.86. The Morgan fingerprint density at radius 3 is 3.00 bits per heavy atom. The van der Waals surface area contributed by atoms with Crippen LogP contribution in [0.4, 0.5) is 16.5 Å². The third-order valence-corrected chi connectivity index (χ3v) is 5.89. The highest BCUT2D eigenvalue weighted by Crippen LogP contribution is 2.40. The molecule has 0 saturated heterocycles. The highest BCUT2D eigenvalue weighted by molar-refractivity contribution is 7.14. The Labute approximate surface area is 161 Å². The Bertz CT molecular complexity index is 1040. The van der Waals surface area contributed by atoms with Crippen LogP contribution in [0.15, 0.2) is 41.8 Å². The number of aromatic nitrogens is 1. The number of nitrogens with one attached hydrogen (secondary N) is 1. The molecule has 27 heavy (non-hydrogen) atoms. The topological polar surface area (TPSA) is 54.5 Å². The van der Waals surface area contributed by atoms with Gasteiger partial charge in [-0.3, -0.25) is 4.79 Å². The molecule has 0 radical (unpaired) electrons. The molecule has 6 heteroatoms. The van der Waals surface area contributed by atoms with Gasteiger partial charge in [-0.15, -0.1) is 11.3 Å². The predicted molar refractivity (Wildman–Crippen MR) is 108 cm³/mol. The van der Waals surface area contributed by atoms with Crippen molar-refractivity contribution < 1.29 is 9.53 Å². The number of carbonyl (C=O) groups is 1. The summed E-state index contributed by atoms with van der Waals surface area (Å²) in [6.45, 7) is 0.851. The van der Waals surface area contributed by atoms with Crippen molar-refractivity contribution in [2.75, 3.05) is 23.9 Å². The van der Waals surface area contributed by atoms with Gasteiger partial charge in [0.15, 0.2) is 5.13 Å². The molecular weight excluding hydrogens is 358 g/mol. The summed E-state index contributed by atoms with van der Waals surface area (Å²) in [6.07, 6.45) is 2.57. The van der Waals surface area contributed by atoms with Gasteiger partial charge in [-0.1, -0.05) is 6.07 Å².